The van der Waals surface area contributed by atoms with Crippen molar-refractivity contribution in [2.24, 2.45) is 0 Å². The quantitative estimate of drug-likeness (QED) is 0.721. The summed E-state index contributed by atoms with van der Waals surface area (Å²) in [6, 6.07) is 4.63. The summed E-state index contributed by atoms with van der Waals surface area (Å²) < 4.78 is 1.39. The summed E-state index contributed by atoms with van der Waals surface area (Å²) >= 11 is 2.41. The first-order valence-electron chi connectivity index (χ1n) is 4.47. The van der Waals surface area contributed by atoms with Gasteiger partial charge in [-0.1, -0.05) is 19.9 Å². The second kappa shape index (κ2) is 4.26. The Hall–Kier alpha value is -0.0500. The van der Waals surface area contributed by atoms with E-state index in [0.717, 1.165) is 12.8 Å². The van der Waals surface area contributed by atoms with Crippen molar-refractivity contribution < 1.29 is 0 Å². The zero-order valence-corrected chi connectivity index (χ0v) is 10.1. The van der Waals surface area contributed by atoms with Gasteiger partial charge in [0.25, 0.3) is 0 Å². The van der Waals surface area contributed by atoms with E-state index in [1.54, 1.807) is 0 Å². The van der Waals surface area contributed by atoms with E-state index in [1.807, 2.05) is 0 Å². The molecule has 0 fully saturated rings. The van der Waals surface area contributed by atoms with E-state index in [9.17, 15) is 0 Å². The average molecular weight is 274 g/mol. The number of aryl methyl sites for hydroxylation is 3. The van der Waals surface area contributed by atoms with Gasteiger partial charge in [-0.05, 0) is 65.1 Å². The van der Waals surface area contributed by atoms with Crippen molar-refractivity contribution in [3.63, 3.8) is 0 Å². The van der Waals surface area contributed by atoms with Gasteiger partial charge in [0.15, 0.2) is 0 Å². The van der Waals surface area contributed by atoms with E-state index < -0.39 is 0 Å². The van der Waals surface area contributed by atoms with E-state index in [4.69, 9.17) is 0 Å². The Kier molecular flexibility index (Phi) is 3.56. The van der Waals surface area contributed by atoms with E-state index in [1.165, 1.54) is 20.3 Å². The van der Waals surface area contributed by atoms with Gasteiger partial charge in [0, 0.05) is 3.57 Å². The van der Waals surface area contributed by atoms with Crippen molar-refractivity contribution in [1.82, 2.24) is 0 Å². The Labute approximate surface area is 88.5 Å². The van der Waals surface area contributed by atoms with Crippen LogP contribution in [0.2, 0.25) is 0 Å². The number of hydrogen-bond acceptors (Lipinski definition) is 0. The minimum Gasteiger partial charge on any atom is -0.0613 e. The SMILES string of the molecule is CCc1cc(C)c(I)cc1CC. The first-order valence-corrected chi connectivity index (χ1v) is 5.54. The molecule has 66 valence electrons. The normalized spacial score (nSPS) is 10.3. The summed E-state index contributed by atoms with van der Waals surface area (Å²) in [7, 11) is 0. The zero-order valence-electron chi connectivity index (χ0n) is 7.95. The molecule has 0 aliphatic heterocycles. The largest absolute Gasteiger partial charge is 0.0613 e. The van der Waals surface area contributed by atoms with E-state index in [-0.39, 0.29) is 0 Å². The van der Waals surface area contributed by atoms with Crippen LogP contribution < -0.4 is 0 Å². The monoisotopic (exact) mass is 274 g/mol. The standard InChI is InChI=1S/C11H15I/c1-4-9-6-8(3)11(12)7-10(9)5-2/h6-7H,4-5H2,1-3H3. The topological polar surface area (TPSA) is 0 Å². The second-order valence-electron chi connectivity index (χ2n) is 3.08. The van der Waals surface area contributed by atoms with Gasteiger partial charge >= 0.3 is 0 Å². The van der Waals surface area contributed by atoms with Gasteiger partial charge in [0.1, 0.15) is 0 Å². The molecule has 0 aliphatic carbocycles. The average Bonchev–Trinajstić information content (AvgIpc) is 2.09. The van der Waals surface area contributed by atoms with Crippen molar-refractivity contribution in [3.05, 3.63) is 32.4 Å². The number of benzene rings is 1. The molecule has 0 N–H and O–H groups in total. The highest BCUT2D eigenvalue weighted by Crippen LogP contribution is 2.19. The van der Waals surface area contributed by atoms with Gasteiger partial charge in [0.05, 0.1) is 0 Å². The van der Waals surface area contributed by atoms with Crippen LogP contribution in [-0.2, 0) is 12.8 Å². The molecule has 0 bridgehead atoms. The molecule has 0 unspecified atom stereocenters. The lowest BCUT2D eigenvalue weighted by Gasteiger charge is -2.08. The first kappa shape index (κ1) is 10.0. The molecular weight excluding hydrogens is 259 g/mol. The molecule has 0 atom stereocenters. The first-order chi connectivity index (χ1) is 5.69. The Balaban J connectivity index is 3.19. The molecule has 0 aliphatic rings. The van der Waals surface area contributed by atoms with Crippen molar-refractivity contribution in [2.75, 3.05) is 0 Å². The van der Waals surface area contributed by atoms with Crippen LogP contribution in [0.15, 0.2) is 12.1 Å². The van der Waals surface area contributed by atoms with Crippen LogP contribution in [0.1, 0.15) is 30.5 Å². The van der Waals surface area contributed by atoms with Crippen LogP contribution in [0, 0.1) is 10.5 Å². The summed E-state index contributed by atoms with van der Waals surface area (Å²) in [4.78, 5) is 0. The third-order valence-corrected chi connectivity index (χ3v) is 3.40. The molecule has 0 saturated carbocycles. The molecular formula is C11H15I. The molecule has 1 aromatic rings. The van der Waals surface area contributed by atoms with E-state index in [2.05, 4.69) is 55.5 Å². The third-order valence-electron chi connectivity index (χ3n) is 2.24. The van der Waals surface area contributed by atoms with Gasteiger partial charge in [-0.25, -0.2) is 0 Å². The molecule has 0 spiro atoms. The predicted molar refractivity (Wildman–Crippen MR) is 62.7 cm³/mol. The Bertz CT molecular complexity index is 248. The fourth-order valence-corrected chi connectivity index (χ4v) is 1.97. The van der Waals surface area contributed by atoms with Gasteiger partial charge in [-0.2, -0.15) is 0 Å². The van der Waals surface area contributed by atoms with Crippen molar-refractivity contribution in [2.45, 2.75) is 33.6 Å². The fraction of sp³-hybridized carbons (Fsp3) is 0.455. The molecule has 0 aromatic heterocycles. The predicted octanol–water partition coefficient (Wildman–Crippen LogP) is 3.72. The van der Waals surface area contributed by atoms with Crippen LogP contribution in [0.25, 0.3) is 0 Å². The third kappa shape index (κ3) is 2.00. The van der Waals surface area contributed by atoms with Gasteiger partial charge in [-0.3, -0.25) is 0 Å². The molecule has 0 heterocycles. The van der Waals surface area contributed by atoms with E-state index >= 15 is 0 Å². The van der Waals surface area contributed by atoms with Crippen LogP contribution in [-0.4, -0.2) is 0 Å². The maximum Gasteiger partial charge on any atom is 0.0162 e. The van der Waals surface area contributed by atoms with Crippen LogP contribution in [0.4, 0.5) is 0 Å². The highest BCUT2D eigenvalue weighted by Gasteiger charge is 2.02. The molecule has 0 nitrogen and oxygen atoms in total. The zero-order chi connectivity index (χ0) is 9.14. The Morgan fingerprint density at radius 1 is 1.08 bits per heavy atom. The molecule has 0 amide bonds. The molecule has 1 rings (SSSR count). The smallest absolute Gasteiger partial charge is 0.0162 e. The second-order valence-corrected chi connectivity index (χ2v) is 4.24. The summed E-state index contributed by atoms with van der Waals surface area (Å²) in [5, 5.41) is 0. The Morgan fingerprint density at radius 2 is 1.58 bits per heavy atom. The van der Waals surface area contributed by atoms with Crippen LogP contribution >= 0.6 is 22.6 Å². The summed E-state index contributed by atoms with van der Waals surface area (Å²) in [6.07, 6.45) is 2.31. The van der Waals surface area contributed by atoms with Crippen LogP contribution in [0.5, 0.6) is 0 Å². The van der Waals surface area contributed by atoms with E-state index in [0.29, 0.717) is 0 Å². The van der Waals surface area contributed by atoms with Crippen molar-refractivity contribution >= 4 is 22.6 Å². The molecule has 12 heavy (non-hydrogen) atoms. The molecule has 1 aromatic carbocycles. The lowest BCUT2D eigenvalue weighted by atomic mass is 10.0. The van der Waals surface area contributed by atoms with Gasteiger partial charge in [-0.15, -0.1) is 0 Å². The van der Waals surface area contributed by atoms with Crippen molar-refractivity contribution in [3.8, 4) is 0 Å². The molecule has 1 heteroatoms. The summed E-state index contributed by atoms with van der Waals surface area (Å²) in [6.45, 7) is 6.63. The number of hydrogen-bond donors (Lipinski definition) is 0. The maximum absolute atomic E-state index is 2.41. The number of rotatable bonds is 2. The van der Waals surface area contributed by atoms with Gasteiger partial charge in [0.2, 0.25) is 0 Å². The highest BCUT2D eigenvalue weighted by molar-refractivity contribution is 14.1. The lowest BCUT2D eigenvalue weighted by molar-refractivity contribution is 1.03. The minimum atomic E-state index is 1.15. The highest BCUT2D eigenvalue weighted by atomic mass is 127. The summed E-state index contributed by atoms with van der Waals surface area (Å²) in [5.41, 5.74) is 4.42. The maximum atomic E-state index is 2.41. The summed E-state index contributed by atoms with van der Waals surface area (Å²) in [5.74, 6) is 0. The molecule has 0 radical (unpaired) electrons. The minimum absolute atomic E-state index is 1.15. The lowest BCUT2D eigenvalue weighted by Crippen LogP contribution is -1.94. The Morgan fingerprint density at radius 3 is 2.08 bits per heavy atom. The van der Waals surface area contributed by atoms with Crippen molar-refractivity contribution in [1.29, 1.82) is 0 Å². The fourth-order valence-electron chi connectivity index (χ4n) is 1.44. The van der Waals surface area contributed by atoms with Gasteiger partial charge < -0.3 is 0 Å². The number of halogens is 1. The van der Waals surface area contributed by atoms with Crippen LogP contribution in [0.3, 0.4) is 0 Å². The molecule has 0 saturated heterocycles.